The molecule has 0 saturated carbocycles. The van der Waals surface area contributed by atoms with E-state index in [1.54, 1.807) is 35.2 Å². The van der Waals surface area contributed by atoms with Crippen molar-refractivity contribution in [2.75, 3.05) is 26.5 Å². The van der Waals surface area contributed by atoms with Gasteiger partial charge >= 0.3 is 11.8 Å². The van der Waals surface area contributed by atoms with Gasteiger partial charge in [0.15, 0.2) is 11.5 Å². The van der Waals surface area contributed by atoms with Gasteiger partial charge < -0.3 is 29.7 Å². The Hall–Kier alpha value is -3.11. The Morgan fingerprint density at radius 3 is 2.76 bits per heavy atom. The minimum absolute atomic E-state index is 0.0351. The fourth-order valence-electron chi connectivity index (χ4n) is 3.04. The highest BCUT2D eigenvalue weighted by molar-refractivity contribution is 7.12. The zero-order chi connectivity index (χ0) is 20.2. The second kappa shape index (κ2) is 8.50. The lowest BCUT2D eigenvalue weighted by Gasteiger charge is -2.22. The zero-order valence-corrected chi connectivity index (χ0v) is 16.2. The molecule has 2 N–H and O–H groups in total. The molecule has 0 unspecified atom stereocenters. The third kappa shape index (κ3) is 4.33. The summed E-state index contributed by atoms with van der Waals surface area (Å²) in [5.74, 6) is -0.448. The van der Waals surface area contributed by atoms with Gasteiger partial charge in [0.25, 0.3) is 5.91 Å². The fraction of sp³-hybridized carbons (Fsp3) is 0.316. The van der Waals surface area contributed by atoms with Gasteiger partial charge in [-0.3, -0.25) is 14.4 Å². The normalized spacial score (nSPS) is 17.2. The Bertz CT molecular complexity index is 917. The van der Waals surface area contributed by atoms with E-state index >= 15 is 0 Å². The highest BCUT2D eigenvalue weighted by atomic mass is 32.1. The molecular weight excluding hydrogens is 398 g/mol. The third-order valence-electron chi connectivity index (χ3n) is 4.52. The molecule has 1 aromatic carbocycles. The SMILES string of the molecule is O=C(NCc1ccc2c(c1)OCO2)C(=O)NC[C@@H]1OCCN1C(=O)c1cccs1. The molecule has 0 bridgehead atoms. The van der Waals surface area contributed by atoms with Crippen LogP contribution in [0.2, 0.25) is 0 Å². The Morgan fingerprint density at radius 1 is 1.10 bits per heavy atom. The second-order valence-corrected chi connectivity index (χ2v) is 7.33. The van der Waals surface area contributed by atoms with Crippen LogP contribution in [0, 0.1) is 0 Å². The van der Waals surface area contributed by atoms with E-state index in [9.17, 15) is 14.4 Å². The maximum Gasteiger partial charge on any atom is 0.309 e. The van der Waals surface area contributed by atoms with E-state index in [1.807, 2.05) is 5.38 Å². The lowest BCUT2D eigenvalue weighted by molar-refractivity contribution is -0.139. The number of ether oxygens (including phenoxy) is 3. The van der Waals surface area contributed by atoms with Crippen molar-refractivity contribution in [2.45, 2.75) is 12.8 Å². The van der Waals surface area contributed by atoms with Crippen molar-refractivity contribution >= 4 is 29.1 Å². The number of carbonyl (C=O) groups is 3. The number of hydrogen-bond acceptors (Lipinski definition) is 7. The van der Waals surface area contributed by atoms with Gasteiger partial charge in [-0.25, -0.2) is 0 Å². The summed E-state index contributed by atoms with van der Waals surface area (Å²) in [5, 5.41) is 6.90. The van der Waals surface area contributed by atoms with Crippen molar-refractivity contribution in [1.29, 1.82) is 0 Å². The van der Waals surface area contributed by atoms with Crippen molar-refractivity contribution < 1.29 is 28.6 Å². The van der Waals surface area contributed by atoms with Gasteiger partial charge in [-0.2, -0.15) is 0 Å². The number of hydrogen-bond donors (Lipinski definition) is 2. The Labute approximate surface area is 170 Å². The first kappa shape index (κ1) is 19.2. The van der Waals surface area contributed by atoms with E-state index in [0.29, 0.717) is 29.5 Å². The molecule has 1 saturated heterocycles. The van der Waals surface area contributed by atoms with Crippen molar-refractivity contribution in [1.82, 2.24) is 15.5 Å². The molecule has 0 radical (unpaired) electrons. The first-order chi connectivity index (χ1) is 14.1. The number of nitrogens with zero attached hydrogens (tertiary/aromatic N) is 1. The lowest BCUT2D eigenvalue weighted by Crippen LogP contribution is -2.47. The standard InChI is InChI=1S/C19H19N3O6S/c23-17(20-9-12-3-4-13-14(8-12)28-11-27-13)18(24)21-10-16-22(5-6-26-16)19(25)15-2-1-7-29-15/h1-4,7-8,16H,5-6,9-11H2,(H,20,23)(H,21,24)/t16-/m0/s1. The highest BCUT2D eigenvalue weighted by Gasteiger charge is 2.31. The van der Waals surface area contributed by atoms with Gasteiger partial charge in [-0.1, -0.05) is 12.1 Å². The van der Waals surface area contributed by atoms with Crippen molar-refractivity contribution in [3.8, 4) is 11.5 Å². The monoisotopic (exact) mass is 417 g/mol. The first-order valence-electron chi connectivity index (χ1n) is 9.02. The van der Waals surface area contributed by atoms with Gasteiger partial charge in [0.2, 0.25) is 6.79 Å². The van der Waals surface area contributed by atoms with Crippen LogP contribution in [0.15, 0.2) is 35.7 Å². The third-order valence-corrected chi connectivity index (χ3v) is 5.37. The number of rotatable bonds is 5. The predicted molar refractivity (Wildman–Crippen MR) is 103 cm³/mol. The van der Waals surface area contributed by atoms with E-state index in [2.05, 4.69) is 10.6 Å². The minimum atomic E-state index is -0.787. The molecule has 152 valence electrons. The summed E-state index contributed by atoms with van der Waals surface area (Å²) in [4.78, 5) is 38.8. The molecule has 4 rings (SSSR count). The van der Waals surface area contributed by atoms with Gasteiger partial charge in [0.1, 0.15) is 6.23 Å². The van der Waals surface area contributed by atoms with E-state index in [4.69, 9.17) is 14.2 Å². The lowest BCUT2D eigenvalue weighted by atomic mass is 10.2. The number of amides is 3. The highest BCUT2D eigenvalue weighted by Crippen LogP contribution is 2.32. The summed E-state index contributed by atoms with van der Waals surface area (Å²) >= 11 is 1.35. The van der Waals surface area contributed by atoms with Crippen molar-refractivity contribution in [2.24, 2.45) is 0 Å². The Balaban J connectivity index is 1.25. The van der Waals surface area contributed by atoms with E-state index in [-0.39, 0.29) is 25.8 Å². The van der Waals surface area contributed by atoms with Crippen molar-refractivity contribution in [3.63, 3.8) is 0 Å². The molecular formula is C19H19N3O6S. The number of carbonyl (C=O) groups excluding carboxylic acids is 3. The van der Waals surface area contributed by atoms with E-state index in [1.165, 1.54) is 11.3 Å². The average Bonchev–Trinajstić information content (AvgIpc) is 3.50. The quantitative estimate of drug-likeness (QED) is 0.694. The Morgan fingerprint density at radius 2 is 1.93 bits per heavy atom. The van der Waals surface area contributed by atoms with Crippen LogP contribution in [0.5, 0.6) is 11.5 Å². The summed E-state index contributed by atoms with van der Waals surface area (Å²) in [6, 6.07) is 8.83. The summed E-state index contributed by atoms with van der Waals surface area (Å²) < 4.78 is 16.0. The zero-order valence-electron chi connectivity index (χ0n) is 15.4. The number of thiophene rings is 1. The smallest absolute Gasteiger partial charge is 0.309 e. The van der Waals surface area contributed by atoms with Crippen LogP contribution in [0.25, 0.3) is 0 Å². The molecule has 2 aromatic rings. The van der Waals surface area contributed by atoms with Crippen LogP contribution in [0.4, 0.5) is 0 Å². The predicted octanol–water partition coefficient (Wildman–Crippen LogP) is 0.708. The molecule has 0 spiro atoms. The van der Waals surface area contributed by atoms with Gasteiger partial charge in [0, 0.05) is 13.1 Å². The molecule has 0 aliphatic carbocycles. The molecule has 29 heavy (non-hydrogen) atoms. The van der Waals surface area contributed by atoms with Crippen LogP contribution in [-0.2, 0) is 20.9 Å². The van der Waals surface area contributed by atoms with E-state index < -0.39 is 18.0 Å². The molecule has 1 fully saturated rings. The number of nitrogens with one attached hydrogen (secondary N) is 2. The fourth-order valence-corrected chi connectivity index (χ4v) is 3.72. The minimum Gasteiger partial charge on any atom is -0.454 e. The first-order valence-corrected chi connectivity index (χ1v) is 9.90. The summed E-state index contributed by atoms with van der Waals surface area (Å²) in [6.07, 6.45) is -0.602. The molecule has 1 aromatic heterocycles. The Kier molecular flexibility index (Phi) is 5.63. The molecule has 9 nitrogen and oxygen atoms in total. The molecule has 3 heterocycles. The number of fused-ring (bicyclic) bond motifs is 1. The van der Waals surface area contributed by atoms with Crippen LogP contribution >= 0.6 is 11.3 Å². The molecule has 2 aliphatic heterocycles. The van der Waals surface area contributed by atoms with E-state index in [0.717, 1.165) is 5.56 Å². The largest absolute Gasteiger partial charge is 0.454 e. The van der Waals surface area contributed by atoms with Gasteiger partial charge in [-0.15, -0.1) is 11.3 Å². The van der Waals surface area contributed by atoms with Crippen LogP contribution in [0.3, 0.4) is 0 Å². The molecule has 1 atom stereocenters. The van der Waals surface area contributed by atoms with Gasteiger partial charge in [-0.05, 0) is 29.1 Å². The average molecular weight is 417 g/mol. The van der Waals surface area contributed by atoms with Crippen LogP contribution < -0.4 is 20.1 Å². The summed E-state index contributed by atoms with van der Waals surface area (Å²) in [7, 11) is 0. The molecule has 3 amide bonds. The van der Waals surface area contributed by atoms with Crippen LogP contribution in [-0.4, -0.2) is 55.3 Å². The van der Waals surface area contributed by atoms with Crippen LogP contribution in [0.1, 0.15) is 15.2 Å². The molecule has 2 aliphatic rings. The summed E-state index contributed by atoms with van der Waals surface area (Å²) in [6.45, 7) is 1.20. The molecule has 10 heteroatoms. The number of benzene rings is 1. The maximum absolute atomic E-state index is 12.5. The topological polar surface area (TPSA) is 106 Å². The van der Waals surface area contributed by atoms with Gasteiger partial charge in [0.05, 0.1) is 18.0 Å². The second-order valence-electron chi connectivity index (χ2n) is 6.38. The maximum atomic E-state index is 12.5. The summed E-state index contributed by atoms with van der Waals surface area (Å²) in [5.41, 5.74) is 0.780. The van der Waals surface area contributed by atoms with Crippen molar-refractivity contribution in [3.05, 3.63) is 46.2 Å².